The minimum absolute atomic E-state index is 0.0576. The molecule has 0 amide bonds. The Bertz CT molecular complexity index is 679. The number of pyridine rings is 1. The second-order valence-corrected chi connectivity index (χ2v) is 4.58. The second kappa shape index (κ2) is 3.66. The number of H-pyrrole nitrogens is 1. The molecular formula is C11H11N3O2S. The van der Waals surface area contributed by atoms with Gasteiger partial charge in [-0.25, -0.2) is 5.10 Å². The van der Waals surface area contributed by atoms with E-state index < -0.39 is 0 Å². The van der Waals surface area contributed by atoms with Crippen molar-refractivity contribution in [3.8, 4) is 11.5 Å². The Morgan fingerprint density at radius 3 is 2.88 bits per heavy atom. The second-order valence-electron chi connectivity index (χ2n) is 4.21. The smallest absolute Gasteiger partial charge is 0.284 e. The minimum Gasteiger partial charge on any atom is -0.409 e. The number of nitrogens with one attached hydrogen (secondary N) is 1. The maximum absolute atomic E-state index is 12.3. The van der Waals surface area contributed by atoms with E-state index in [2.05, 4.69) is 10.2 Å². The molecule has 5 nitrogen and oxygen atoms in total. The molecule has 88 valence electrons. The van der Waals surface area contributed by atoms with Gasteiger partial charge >= 0.3 is 0 Å². The zero-order valence-electron chi connectivity index (χ0n) is 9.27. The Kier molecular flexibility index (Phi) is 2.25. The number of rotatable bonds is 2. The molecule has 0 aromatic carbocycles. The normalized spacial score (nSPS) is 15.1. The predicted octanol–water partition coefficient (Wildman–Crippen LogP) is 2.20. The van der Waals surface area contributed by atoms with Crippen LogP contribution in [-0.2, 0) is 0 Å². The highest BCUT2D eigenvalue weighted by atomic mass is 32.1. The summed E-state index contributed by atoms with van der Waals surface area (Å²) in [6.07, 6.45) is 2.13. The molecule has 17 heavy (non-hydrogen) atoms. The van der Waals surface area contributed by atoms with Crippen LogP contribution < -0.4 is 5.56 Å². The third-order valence-corrected chi connectivity index (χ3v) is 3.08. The first-order valence-corrected chi connectivity index (χ1v) is 5.85. The fraction of sp³-hybridized carbons (Fsp3) is 0.364. The van der Waals surface area contributed by atoms with Crippen LogP contribution in [0.1, 0.15) is 24.6 Å². The summed E-state index contributed by atoms with van der Waals surface area (Å²) in [5.41, 5.74) is 1.36. The van der Waals surface area contributed by atoms with Crippen LogP contribution in [0.25, 0.3) is 11.5 Å². The topological polar surface area (TPSA) is 63.8 Å². The van der Waals surface area contributed by atoms with E-state index in [1.807, 2.05) is 17.6 Å². The largest absolute Gasteiger partial charge is 0.409 e. The van der Waals surface area contributed by atoms with Crippen LogP contribution in [0.5, 0.6) is 0 Å². The first-order chi connectivity index (χ1) is 8.16. The summed E-state index contributed by atoms with van der Waals surface area (Å²) in [4.78, 5) is 12.5. The molecule has 0 atom stereocenters. The summed E-state index contributed by atoms with van der Waals surface area (Å²) in [5, 5.41) is 6.41. The Morgan fingerprint density at radius 2 is 2.29 bits per heavy atom. The van der Waals surface area contributed by atoms with Crippen molar-refractivity contribution in [3.05, 3.63) is 33.0 Å². The summed E-state index contributed by atoms with van der Waals surface area (Å²) in [5.74, 6) is 0.259. The van der Waals surface area contributed by atoms with E-state index in [-0.39, 0.29) is 16.3 Å². The molecule has 1 aliphatic rings. The molecular weight excluding hydrogens is 238 g/mol. The van der Waals surface area contributed by atoms with Crippen LogP contribution >= 0.6 is 12.2 Å². The van der Waals surface area contributed by atoms with Crippen LogP contribution in [0.3, 0.4) is 0 Å². The van der Waals surface area contributed by atoms with Gasteiger partial charge in [0.1, 0.15) is 5.56 Å². The molecule has 0 saturated heterocycles. The van der Waals surface area contributed by atoms with Crippen LogP contribution in [0, 0.1) is 11.8 Å². The van der Waals surface area contributed by atoms with Crippen molar-refractivity contribution in [2.24, 2.45) is 0 Å². The number of nitrogens with zero attached hydrogens (tertiary/aromatic N) is 2. The molecule has 0 radical (unpaired) electrons. The number of aromatic amines is 1. The van der Waals surface area contributed by atoms with E-state index in [9.17, 15) is 4.79 Å². The van der Waals surface area contributed by atoms with Gasteiger partial charge in [0.15, 0.2) is 0 Å². The lowest BCUT2D eigenvalue weighted by Gasteiger charge is -2.08. The summed E-state index contributed by atoms with van der Waals surface area (Å²) >= 11 is 4.81. The van der Waals surface area contributed by atoms with Gasteiger partial charge in [-0.2, -0.15) is 0 Å². The van der Waals surface area contributed by atoms with Gasteiger partial charge in [-0.15, -0.1) is 5.10 Å². The summed E-state index contributed by atoms with van der Waals surface area (Å²) in [6, 6.07) is 3.97. The molecule has 1 N–H and O–H groups in total. The Balaban J connectivity index is 2.21. The van der Waals surface area contributed by atoms with Gasteiger partial charge in [0, 0.05) is 11.7 Å². The fourth-order valence-corrected chi connectivity index (χ4v) is 2.06. The van der Waals surface area contributed by atoms with Crippen molar-refractivity contribution in [3.63, 3.8) is 0 Å². The predicted molar refractivity (Wildman–Crippen MR) is 64.4 cm³/mol. The average Bonchev–Trinajstić information content (AvgIpc) is 3.02. The lowest BCUT2D eigenvalue weighted by atomic mass is 10.2. The van der Waals surface area contributed by atoms with Crippen molar-refractivity contribution in [2.45, 2.75) is 25.8 Å². The van der Waals surface area contributed by atoms with Gasteiger partial charge in [0.05, 0.1) is 0 Å². The first kappa shape index (κ1) is 10.5. The third-order valence-electron chi connectivity index (χ3n) is 2.90. The Labute approximate surface area is 102 Å². The van der Waals surface area contributed by atoms with Crippen LogP contribution in [0.4, 0.5) is 0 Å². The SMILES string of the molecule is Cc1ccc(-c2n[nH]c(=S)o2)c(=O)n1C1CC1. The number of aryl methyl sites for hydroxylation is 1. The molecule has 2 heterocycles. The van der Waals surface area contributed by atoms with Crippen molar-refractivity contribution in [1.82, 2.24) is 14.8 Å². The molecule has 0 bridgehead atoms. The summed E-state index contributed by atoms with van der Waals surface area (Å²) < 4.78 is 6.99. The minimum atomic E-state index is -0.0576. The molecule has 6 heteroatoms. The van der Waals surface area contributed by atoms with E-state index in [1.165, 1.54) is 0 Å². The van der Waals surface area contributed by atoms with E-state index >= 15 is 0 Å². The van der Waals surface area contributed by atoms with E-state index in [0.717, 1.165) is 18.5 Å². The number of aromatic nitrogens is 3. The van der Waals surface area contributed by atoms with Gasteiger partial charge in [-0.3, -0.25) is 4.79 Å². The van der Waals surface area contributed by atoms with Gasteiger partial charge < -0.3 is 8.98 Å². The van der Waals surface area contributed by atoms with E-state index in [4.69, 9.17) is 16.6 Å². The highest BCUT2D eigenvalue weighted by molar-refractivity contribution is 7.71. The molecule has 0 aliphatic heterocycles. The molecule has 3 rings (SSSR count). The van der Waals surface area contributed by atoms with E-state index in [0.29, 0.717) is 11.6 Å². The molecule has 2 aromatic heterocycles. The molecule has 0 unspecified atom stereocenters. The monoisotopic (exact) mass is 249 g/mol. The van der Waals surface area contributed by atoms with Gasteiger partial charge in [-0.1, -0.05) is 0 Å². The van der Waals surface area contributed by atoms with Crippen molar-refractivity contribution in [2.75, 3.05) is 0 Å². The van der Waals surface area contributed by atoms with Gasteiger partial charge in [-0.05, 0) is 44.1 Å². The maximum Gasteiger partial charge on any atom is 0.284 e. The lowest BCUT2D eigenvalue weighted by molar-refractivity contribution is 0.549. The van der Waals surface area contributed by atoms with Gasteiger partial charge in [0.2, 0.25) is 0 Å². The molecule has 1 aliphatic carbocycles. The van der Waals surface area contributed by atoms with Crippen molar-refractivity contribution >= 4 is 12.2 Å². The van der Waals surface area contributed by atoms with Gasteiger partial charge in [0.25, 0.3) is 16.3 Å². The third kappa shape index (κ3) is 1.74. The lowest BCUT2D eigenvalue weighted by Crippen LogP contribution is -2.22. The Hall–Kier alpha value is -1.69. The maximum atomic E-state index is 12.3. The van der Waals surface area contributed by atoms with Crippen molar-refractivity contribution in [1.29, 1.82) is 0 Å². The van der Waals surface area contributed by atoms with Crippen LogP contribution in [0.15, 0.2) is 21.3 Å². The van der Waals surface area contributed by atoms with Crippen molar-refractivity contribution < 1.29 is 4.42 Å². The number of hydrogen-bond donors (Lipinski definition) is 1. The highest BCUT2D eigenvalue weighted by Crippen LogP contribution is 2.34. The molecule has 2 aromatic rings. The molecule has 0 spiro atoms. The molecule has 1 fully saturated rings. The van der Waals surface area contributed by atoms with E-state index in [1.54, 1.807) is 6.07 Å². The van der Waals surface area contributed by atoms with Crippen LogP contribution in [0.2, 0.25) is 0 Å². The number of hydrogen-bond acceptors (Lipinski definition) is 4. The Morgan fingerprint density at radius 1 is 1.53 bits per heavy atom. The summed E-state index contributed by atoms with van der Waals surface area (Å²) in [7, 11) is 0. The summed E-state index contributed by atoms with van der Waals surface area (Å²) in [6.45, 7) is 1.93. The average molecular weight is 249 g/mol. The first-order valence-electron chi connectivity index (χ1n) is 5.45. The zero-order valence-corrected chi connectivity index (χ0v) is 10.1. The quantitative estimate of drug-likeness (QED) is 0.829. The van der Waals surface area contributed by atoms with Crippen LogP contribution in [-0.4, -0.2) is 14.8 Å². The standard InChI is InChI=1S/C11H11N3O2S/c1-6-2-5-8(9-12-13-11(17)16-9)10(15)14(6)7-3-4-7/h2,5,7H,3-4H2,1H3,(H,13,17). The fourth-order valence-electron chi connectivity index (χ4n) is 1.94. The zero-order chi connectivity index (χ0) is 12.0. The molecule has 1 saturated carbocycles. The highest BCUT2D eigenvalue weighted by Gasteiger charge is 2.27.